The smallest absolute Gasteiger partial charge is 0.245 e. The summed E-state index contributed by atoms with van der Waals surface area (Å²) in [7, 11) is 0. The van der Waals surface area contributed by atoms with Crippen LogP contribution in [0.3, 0.4) is 0 Å². The van der Waals surface area contributed by atoms with E-state index >= 15 is 0 Å². The second kappa shape index (κ2) is 18.1. The molecule has 3 rings (SSSR count). The molecule has 0 spiro atoms. The number of piperidine rings is 1. The van der Waals surface area contributed by atoms with Crippen LogP contribution in [0.15, 0.2) is 24.3 Å². The number of likely N-dealkylation sites (tertiary alicyclic amines) is 2. The van der Waals surface area contributed by atoms with Gasteiger partial charge in [-0.2, -0.15) is 0 Å². The average Bonchev–Trinajstić information content (AvgIpc) is 3.52. The Balaban J connectivity index is 1.74. The molecule has 2 fully saturated rings. The highest BCUT2D eigenvalue weighted by molar-refractivity contribution is 5.96. The predicted molar refractivity (Wildman–Crippen MR) is 177 cm³/mol. The van der Waals surface area contributed by atoms with Crippen molar-refractivity contribution >= 4 is 35.5 Å². The summed E-state index contributed by atoms with van der Waals surface area (Å²) >= 11 is 0. The van der Waals surface area contributed by atoms with Crippen LogP contribution in [0.4, 0.5) is 0 Å². The maximum Gasteiger partial charge on any atom is 0.245 e. The van der Waals surface area contributed by atoms with Crippen LogP contribution >= 0.6 is 0 Å². The Morgan fingerprint density at radius 1 is 0.915 bits per heavy atom. The van der Waals surface area contributed by atoms with Gasteiger partial charge in [-0.1, -0.05) is 26.0 Å². The van der Waals surface area contributed by atoms with Gasteiger partial charge in [0, 0.05) is 39.5 Å². The van der Waals surface area contributed by atoms with Crippen LogP contribution in [0.1, 0.15) is 77.7 Å². The van der Waals surface area contributed by atoms with Crippen LogP contribution in [0.25, 0.3) is 0 Å². The number of guanidine groups is 1. The molecule has 0 aliphatic carbocycles. The highest BCUT2D eigenvalue weighted by Crippen LogP contribution is 2.22. The van der Waals surface area contributed by atoms with Gasteiger partial charge in [0.15, 0.2) is 5.96 Å². The minimum Gasteiger partial charge on any atom is -0.508 e. The summed E-state index contributed by atoms with van der Waals surface area (Å²) in [6, 6.07) is 2.83. The summed E-state index contributed by atoms with van der Waals surface area (Å²) in [5, 5.41) is 28.2. The van der Waals surface area contributed by atoms with Crippen molar-refractivity contribution in [2.45, 2.75) is 103 Å². The number of hydrogen-bond donors (Lipinski definition) is 7. The first-order valence-electron chi connectivity index (χ1n) is 16.7. The van der Waals surface area contributed by atoms with Crippen LogP contribution in [0.5, 0.6) is 5.75 Å². The summed E-state index contributed by atoms with van der Waals surface area (Å²) in [6.45, 7) is 7.15. The Morgan fingerprint density at radius 2 is 1.60 bits per heavy atom. The fourth-order valence-electron chi connectivity index (χ4n) is 6.18. The molecule has 260 valence electrons. The Labute approximate surface area is 277 Å². The van der Waals surface area contributed by atoms with Crippen LogP contribution in [0.2, 0.25) is 0 Å². The highest BCUT2D eigenvalue weighted by Gasteiger charge is 2.40. The van der Waals surface area contributed by atoms with E-state index in [4.69, 9.17) is 11.1 Å². The van der Waals surface area contributed by atoms with Crippen LogP contribution < -0.4 is 27.0 Å². The van der Waals surface area contributed by atoms with Crippen LogP contribution in [-0.2, 0) is 30.4 Å². The van der Waals surface area contributed by atoms with Gasteiger partial charge in [0.2, 0.25) is 29.5 Å². The molecule has 8 N–H and O–H groups in total. The van der Waals surface area contributed by atoms with Gasteiger partial charge < -0.3 is 41.9 Å². The van der Waals surface area contributed by atoms with Crippen LogP contribution in [0, 0.1) is 11.3 Å². The summed E-state index contributed by atoms with van der Waals surface area (Å²) in [6.07, 6.45) is 5.20. The topological polar surface area (TPSA) is 210 Å². The van der Waals surface area contributed by atoms with Gasteiger partial charge >= 0.3 is 0 Å². The van der Waals surface area contributed by atoms with E-state index < -0.39 is 41.9 Å². The Bertz CT molecular complexity index is 1250. The van der Waals surface area contributed by atoms with Crippen molar-refractivity contribution in [3.05, 3.63) is 29.8 Å². The van der Waals surface area contributed by atoms with Crippen LogP contribution in [-0.4, -0.2) is 101 Å². The summed E-state index contributed by atoms with van der Waals surface area (Å²) in [4.78, 5) is 70.0. The molecule has 0 saturated carbocycles. The van der Waals surface area contributed by atoms with Gasteiger partial charge in [0.05, 0.1) is 0 Å². The number of phenolic OH excluding ortho intramolecular Hbond substituents is 1. The second-order valence-electron chi connectivity index (χ2n) is 12.9. The number of nitrogens with two attached hydrogens (primary N) is 1. The summed E-state index contributed by atoms with van der Waals surface area (Å²) in [5.74, 6) is -1.95. The molecule has 1 aromatic carbocycles. The third-order valence-corrected chi connectivity index (χ3v) is 8.50. The normalized spacial score (nSPS) is 18.2. The van der Waals surface area contributed by atoms with E-state index in [1.165, 1.54) is 24.0 Å². The number of carbonyl (C=O) groups excluding carboxylic acids is 5. The molecule has 2 saturated heterocycles. The van der Waals surface area contributed by atoms with E-state index in [9.17, 15) is 29.1 Å². The lowest BCUT2D eigenvalue weighted by molar-refractivity contribution is -0.143. The molecule has 2 aliphatic rings. The third-order valence-electron chi connectivity index (χ3n) is 8.50. The van der Waals surface area contributed by atoms with E-state index in [-0.39, 0.29) is 35.9 Å². The number of amides is 5. The standard InChI is InChI=1S/C33H52N8O6/c1-21(2)19-27(39-29(44)26(37-22(3)42)20-23-11-13-24(43)14-12-23)32(47)41-18-8-10-28(41)30(45)38-25(9-7-15-36-33(34)35)31(46)40-16-5-4-6-17-40/h11-14,21,25-28,43H,4-10,15-20H2,1-3H3,(H,37,42)(H,38,45)(H,39,44)(H4,34,35,36)/t25-,26-,27-,28-/m0/s1. The molecule has 2 heterocycles. The molecule has 0 bridgehead atoms. The number of phenols is 1. The van der Waals surface area contributed by atoms with Crippen molar-refractivity contribution in [3.8, 4) is 5.75 Å². The van der Waals surface area contributed by atoms with Crippen molar-refractivity contribution < 1.29 is 29.1 Å². The Kier molecular flexibility index (Phi) is 14.3. The minimum absolute atomic E-state index is 0.0330. The van der Waals surface area contributed by atoms with Gasteiger partial charge in [0.25, 0.3) is 0 Å². The maximum absolute atomic E-state index is 14.0. The van der Waals surface area contributed by atoms with Gasteiger partial charge in [-0.05, 0) is 75.0 Å². The molecule has 4 atom stereocenters. The lowest BCUT2D eigenvalue weighted by atomic mass is 10.00. The highest BCUT2D eigenvalue weighted by atomic mass is 16.3. The maximum atomic E-state index is 14.0. The van der Waals surface area contributed by atoms with E-state index in [0.29, 0.717) is 63.8 Å². The predicted octanol–water partition coefficient (Wildman–Crippen LogP) is 0.722. The molecule has 47 heavy (non-hydrogen) atoms. The van der Waals surface area contributed by atoms with Gasteiger partial charge in [-0.3, -0.25) is 29.4 Å². The van der Waals surface area contributed by atoms with Gasteiger partial charge in [-0.15, -0.1) is 0 Å². The molecule has 1 aromatic rings. The second-order valence-corrected chi connectivity index (χ2v) is 12.9. The van der Waals surface area contributed by atoms with E-state index in [2.05, 4.69) is 21.3 Å². The van der Waals surface area contributed by atoms with Gasteiger partial charge in [-0.25, -0.2) is 0 Å². The molecule has 0 aromatic heterocycles. The molecule has 0 radical (unpaired) electrons. The first-order chi connectivity index (χ1) is 22.3. The molecule has 14 nitrogen and oxygen atoms in total. The fourth-order valence-corrected chi connectivity index (χ4v) is 6.18. The van der Waals surface area contributed by atoms with E-state index in [1.807, 2.05) is 13.8 Å². The molecule has 2 aliphatic heterocycles. The lowest BCUT2D eigenvalue weighted by Gasteiger charge is -2.33. The quantitative estimate of drug-likeness (QED) is 0.0811. The van der Waals surface area contributed by atoms with E-state index in [1.54, 1.807) is 17.0 Å². The SMILES string of the molecule is CC(=O)N[C@@H](Cc1ccc(O)cc1)C(=O)N[C@@H](CC(C)C)C(=O)N1CCC[C@H]1C(=O)N[C@@H](CCCNC(=N)N)C(=O)N1CCCCC1. The summed E-state index contributed by atoms with van der Waals surface area (Å²) < 4.78 is 0. The monoisotopic (exact) mass is 656 g/mol. The lowest BCUT2D eigenvalue weighted by Crippen LogP contribution is -2.58. The minimum atomic E-state index is -0.962. The van der Waals surface area contributed by atoms with E-state index in [0.717, 1.165) is 19.3 Å². The van der Waals surface area contributed by atoms with Crippen molar-refractivity contribution in [1.29, 1.82) is 5.41 Å². The zero-order valence-electron chi connectivity index (χ0n) is 27.8. The number of nitrogens with one attached hydrogen (secondary N) is 5. The van der Waals surface area contributed by atoms with Crippen molar-refractivity contribution in [2.75, 3.05) is 26.2 Å². The first-order valence-corrected chi connectivity index (χ1v) is 16.7. The number of hydrogen-bond acceptors (Lipinski definition) is 7. The van der Waals surface area contributed by atoms with Crippen molar-refractivity contribution in [2.24, 2.45) is 11.7 Å². The molecule has 0 unspecified atom stereocenters. The van der Waals surface area contributed by atoms with Gasteiger partial charge in [0.1, 0.15) is 29.9 Å². The largest absolute Gasteiger partial charge is 0.508 e. The van der Waals surface area contributed by atoms with Crippen molar-refractivity contribution in [1.82, 2.24) is 31.1 Å². The molecule has 5 amide bonds. The molecule has 14 heteroatoms. The Hall–Kier alpha value is -4.36. The summed E-state index contributed by atoms with van der Waals surface area (Å²) in [5.41, 5.74) is 6.10. The number of carbonyl (C=O) groups is 5. The Morgan fingerprint density at radius 3 is 2.21 bits per heavy atom. The zero-order chi connectivity index (χ0) is 34.5. The first kappa shape index (κ1) is 37.1. The van der Waals surface area contributed by atoms with Crippen molar-refractivity contribution in [3.63, 3.8) is 0 Å². The molecular weight excluding hydrogens is 604 g/mol. The average molecular weight is 657 g/mol. The number of rotatable bonds is 15. The third kappa shape index (κ3) is 11.7. The fraction of sp³-hybridized carbons (Fsp3) is 0.636. The number of benzene rings is 1. The zero-order valence-corrected chi connectivity index (χ0v) is 27.8. The number of nitrogens with zero attached hydrogens (tertiary/aromatic N) is 2. The molecular formula is C33H52N8O6. The number of aromatic hydroxyl groups is 1.